The van der Waals surface area contributed by atoms with Crippen molar-refractivity contribution < 1.29 is 13.5 Å². The van der Waals surface area contributed by atoms with E-state index in [1.54, 1.807) is 16.9 Å². The third-order valence-electron chi connectivity index (χ3n) is 4.52. The number of hydrogen-bond donors (Lipinski definition) is 2. The largest absolute Gasteiger partial charge is 0.390 e. The number of sulfone groups is 1. The number of nitrogens with one attached hydrogen (secondary N) is 1. The van der Waals surface area contributed by atoms with Gasteiger partial charge >= 0.3 is 0 Å². The first-order chi connectivity index (χ1) is 12.4. The van der Waals surface area contributed by atoms with Gasteiger partial charge in [0.1, 0.15) is 0 Å². The van der Waals surface area contributed by atoms with Gasteiger partial charge < -0.3 is 10.4 Å². The van der Waals surface area contributed by atoms with Crippen molar-refractivity contribution in [2.75, 3.05) is 16.8 Å². The highest BCUT2D eigenvalue weighted by Gasteiger charge is 2.32. The van der Waals surface area contributed by atoms with Crippen LogP contribution < -0.4 is 5.32 Å². The van der Waals surface area contributed by atoms with Gasteiger partial charge in [-0.3, -0.25) is 4.98 Å². The number of pyridine rings is 1. The standard InChI is InChI=1S/C17H19N5O3S/c1-11-2-4-13(18-8-11)15-5-3-12-9-19-17(21-22(12)15)20-14-6-7-26(24,25)10-16(14)23/h2-5,8-9,14,16,23H,6-7,10H2,1H3,(H,20,21)/t14-,16-/m1/s1. The predicted molar refractivity (Wildman–Crippen MR) is 97.6 cm³/mol. The quantitative estimate of drug-likeness (QED) is 0.706. The first kappa shape index (κ1) is 16.9. The van der Waals surface area contributed by atoms with E-state index in [4.69, 9.17) is 0 Å². The maximum absolute atomic E-state index is 11.6. The summed E-state index contributed by atoms with van der Waals surface area (Å²) in [6.07, 6.45) is 2.83. The second-order valence-corrected chi connectivity index (χ2v) is 8.81. The zero-order valence-corrected chi connectivity index (χ0v) is 15.0. The van der Waals surface area contributed by atoms with Crippen LogP contribution in [0.1, 0.15) is 12.0 Å². The molecule has 3 aromatic rings. The number of fused-ring (bicyclic) bond motifs is 1. The van der Waals surface area contributed by atoms with Gasteiger partial charge in [-0.2, -0.15) is 0 Å². The van der Waals surface area contributed by atoms with Crippen LogP contribution in [0.2, 0.25) is 0 Å². The van der Waals surface area contributed by atoms with Crippen LogP contribution in [-0.4, -0.2) is 56.8 Å². The number of aryl methyl sites for hydroxylation is 1. The van der Waals surface area contributed by atoms with Crippen LogP contribution in [0, 0.1) is 6.92 Å². The lowest BCUT2D eigenvalue weighted by Crippen LogP contribution is -2.45. The molecule has 0 aromatic carbocycles. The Morgan fingerprint density at radius 1 is 1.19 bits per heavy atom. The van der Waals surface area contributed by atoms with Crippen LogP contribution in [0.4, 0.5) is 5.95 Å². The van der Waals surface area contributed by atoms with Crippen LogP contribution in [0.25, 0.3) is 16.9 Å². The molecule has 1 aliphatic heterocycles. The van der Waals surface area contributed by atoms with Gasteiger partial charge in [-0.25, -0.2) is 17.9 Å². The minimum Gasteiger partial charge on any atom is -0.390 e. The SMILES string of the molecule is Cc1ccc(-c2ccc3cnc(N[C@@H]4CCS(=O)(=O)C[C@H]4O)nn23)nc1. The van der Waals surface area contributed by atoms with Gasteiger partial charge in [0.2, 0.25) is 5.95 Å². The summed E-state index contributed by atoms with van der Waals surface area (Å²) in [5.41, 5.74) is 3.52. The highest BCUT2D eigenvalue weighted by Crippen LogP contribution is 2.21. The number of aliphatic hydroxyl groups excluding tert-OH is 1. The van der Waals surface area contributed by atoms with E-state index in [1.807, 2.05) is 31.2 Å². The van der Waals surface area contributed by atoms with E-state index >= 15 is 0 Å². The second kappa shape index (κ2) is 6.33. The molecule has 4 rings (SSSR count). The molecule has 0 unspecified atom stereocenters. The lowest BCUT2D eigenvalue weighted by Gasteiger charge is -2.28. The molecule has 0 radical (unpaired) electrons. The maximum Gasteiger partial charge on any atom is 0.241 e. The average Bonchev–Trinajstić information content (AvgIpc) is 3.01. The summed E-state index contributed by atoms with van der Waals surface area (Å²) in [5.74, 6) is 0.145. The van der Waals surface area contributed by atoms with E-state index in [-0.39, 0.29) is 11.5 Å². The number of aliphatic hydroxyl groups is 1. The molecule has 1 saturated heterocycles. The lowest BCUT2D eigenvalue weighted by atomic mass is 10.1. The summed E-state index contributed by atoms with van der Waals surface area (Å²) in [7, 11) is -3.17. The minimum atomic E-state index is -3.17. The van der Waals surface area contributed by atoms with Crippen LogP contribution in [0.5, 0.6) is 0 Å². The zero-order chi connectivity index (χ0) is 18.3. The van der Waals surface area contributed by atoms with E-state index in [0.29, 0.717) is 12.4 Å². The Hall–Kier alpha value is -2.52. The smallest absolute Gasteiger partial charge is 0.241 e. The third-order valence-corrected chi connectivity index (χ3v) is 6.22. The number of hydrogen-bond acceptors (Lipinski definition) is 7. The summed E-state index contributed by atoms with van der Waals surface area (Å²) in [6.45, 7) is 1.98. The van der Waals surface area contributed by atoms with Crippen molar-refractivity contribution in [1.29, 1.82) is 0 Å². The molecule has 3 aromatic heterocycles. The van der Waals surface area contributed by atoms with Gasteiger partial charge in [0.25, 0.3) is 0 Å². The molecule has 0 saturated carbocycles. The van der Waals surface area contributed by atoms with E-state index in [0.717, 1.165) is 22.5 Å². The molecule has 9 heteroatoms. The Bertz CT molecular complexity index is 1050. The van der Waals surface area contributed by atoms with Crippen molar-refractivity contribution >= 4 is 21.3 Å². The summed E-state index contributed by atoms with van der Waals surface area (Å²) in [4.78, 5) is 8.70. The highest BCUT2D eigenvalue weighted by molar-refractivity contribution is 7.91. The second-order valence-electron chi connectivity index (χ2n) is 6.58. The number of aromatic nitrogens is 4. The van der Waals surface area contributed by atoms with Gasteiger partial charge in [0.05, 0.1) is 46.8 Å². The molecule has 136 valence electrons. The van der Waals surface area contributed by atoms with Crippen LogP contribution in [0.15, 0.2) is 36.7 Å². The predicted octanol–water partition coefficient (Wildman–Crippen LogP) is 1.06. The lowest BCUT2D eigenvalue weighted by molar-refractivity contribution is 0.167. The Morgan fingerprint density at radius 3 is 2.77 bits per heavy atom. The molecular weight excluding hydrogens is 354 g/mol. The summed E-state index contributed by atoms with van der Waals surface area (Å²) in [5, 5.41) is 17.6. The Morgan fingerprint density at radius 2 is 2.04 bits per heavy atom. The van der Waals surface area contributed by atoms with Gasteiger partial charge in [-0.15, -0.1) is 5.10 Å². The number of rotatable bonds is 3. The van der Waals surface area contributed by atoms with Gasteiger partial charge in [-0.1, -0.05) is 6.07 Å². The number of nitrogens with zero attached hydrogens (tertiary/aromatic N) is 4. The minimum absolute atomic E-state index is 0.0476. The van der Waals surface area contributed by atoms with Crippen LogP contribution in [0.3, 0.4) is 0 Å². The molecule has 8 nitrogen and oxygen atoms in total. The Balaban J connectivity index is 1.63. The molecule has 4 heterocycles. The molecule has 1 aliphatic rings. The van der Waals surface area contributed by atoms with Crippen molar-refractivity contribution in [3.8, 4) is 11.4 Å². The molecule has 2 N–H and O–H groups in total. The Kier molecular flexibility index (Phi) is 4.12. The van der Waals surface area contributed by atoms with Crippen molar-refractivity contribution in [1.82, 2.24) is 19.6 Å². The average molecular weight is 373 g/mol. The first-order valence-corrected chi connectivity index (χ1v) is 10.2. The molecular formula is C17H19N5O3S. The normalized spacial score (nSPS) is 22.4. The first-order valence-electron chi connectivity index (χ1n) is 8.34. The molecule has 2 atom stereocenters. The van der Waals surface area contributed by atoms with Gasteiger partial charge in [0, 0.05) is 6.20 Å². The van der Waals surface area contributed by atoms with Gasteiger partial charge in [0.15, 0.2) is 9.84 Å². The molecule has 26 heavy (non-hydrogen) atoms. The van der Waals surface area contributed by atoms with Crippen molar-refractivity contribution in [3.63, 3.8) is 0 Å². The molecule has 1 fully saturated rings. The molecule has 0 aliphatic carbocycles. The summed E-state index contributed by atoms with van der Waals surface area (Å²) >= 11 is 0. The van der Waals surface area contributed by atoms with Crippen molar-refractivity contribution in [3.05, 3.63) is 42.2 Å². The van der Waals surface area contributed by atoms with E-state index in [1.165, 1.54) is 0 Å². The molecule has 0 bridgehead atoms. The maximum atomic E-state index is 11.6. The van der Waals surface area contributed by atoms with Crippen LogP contribution in [-0.2, 0) is 9.84 Å². The molecule has 0 amide bonds. The highest BCUT2D eigenvalue weighted by atomic mass is 32.2. The van der Waals surface area contributed by atoms with E-state index in [9.17, 15) is 13.5 Å². The zero-order valence-electron chi connectivity index (χ0n) is 14.2. The van der Waals surface area contributed by atoms with E-state index in [2.05, 4.69) is 20.4 Å². The van der Waals surface area contributed by atoms with Crippen molar-refractivity contribution in [2.24, 2.45) is 0 Å². The number of anilines is 1. The topological polar surface area (TPSA) is 109 Å². The fraction of sp³-hybridized carbons (Fsp3) is 0.353. The van der Waals surface area contributed by atoms with Crippen molar-refractivity contribution in [2.45, 2.75) is 25.5 Å². The van der Waals surface area contributed by atoms with E-state index < -0.39 is 22.0 Å². The fourth-order valence-corrected chi connectivity index (χ4v) is 4.61. The monoisotopic (exact) mass is 373 g/mol. The third kappa shape index (κ3) is 3.27. The Labute approximate surface area is 150 Å². The van der Waals surface area contributed by atoms with Gasteiger partial charge in [-0.05, 0) is 37.1 Å². The summed E-state index contributed by atoms with van der Waals surface area (Å²) < 4.78 is 24.9. The summed E-state index contributed by atoms with van der Waals surface area (Å²) in [6, 6.07) is 7.35. The fourth-order valence-electron chi connectivity index (χ4n) is 3.07. The van der Waals surface area contributed by atoms with Crippen LogP contribution >= 0.6 is 0 Å². The molecule has 0 spiro atoms.